The molecule has 10 amide bonds. The molecule has 0 aromatic heterocycles. The fraction of sp³-hybridized carbons (Fsp3) is 0.692. The van der Waals surface area contributed by atoms with E-state index < -0.39 is 158 Å². The van der Waals surface area contributed by atoms with Gasteiger partial charge in [0.05, 0.1) is 44.5 Å². The number of carbonyl (C=O) groups is 12. The van der Waals surface area contributed by atoms with E-state index in [2.05, 4.69) is 42.5 Å². The molecule has 0 aromatic carbocycles. The zero-order valence-corrected chi connectivity index (χ0v) is 36.2. The van der Waals surface area contributed by atoms with Crippen LogP contribution in [0, 0.1) is 11.8 Å². The summed E-state index contributed by atoms with van der Waals surface area (Å²) >= 11 is 0. The third kappa shape index (κ3) is 15.1. The molecule has 64 heavy (non-hydrogen) atoms. The van der Waals surface area contributed by atoms with Crippen molar-refractivity contribution < 1.29 is 72.9 Å². The van der Waals surface area contributed by atoms with Crippen LogP contribution in [0.5, 0.6) is 0 Å². The summed E-state index contributed by atoms with van der Waals surface area (Å²) < 4.78 is 0. The van der Waals surface area contributed by atoms with E-state index in [9.17, 15) is 72.9 Å². The number of nitrogens with zero attached hydrogens (tertiary/aromatic N) is 2. The number of aliphatic hydroxyl groups is 1. The molecule has 25 heteroatoms. The second-order valence-electron chi connectivity index (χ2n) is 16.1. The Labute approximate surface area is 368 Å². The number of piperidine rings is 1. The maximum absolute atomic E-state index is 14.1. The Kier molecular flexibility index (Phi) is 19.8. The lowest BCUT2D eigenvalue weighted by Crippen LogP contribution is -2.61. The molecule has 3 heterocycles. The van der Waals surface area contributed by atoms with Gasteiger partial charge in [-0.25, -0.2) is 0 Å². The maximum atomic E-state index is 14.1. The molecule has 9 unspecified atom stereocenters. The highest BCUT2D eigenvalue weighted by Crippen LogP contribution is 2.23. The lowest BCUT2D eigenvalue weighted by atomic mass is 9.96. The summed E-state index contributed by atoms with van der Waals surface area (Å²) in [5.41, 5.74) is 0. The Morgan fingerprint density at radius 3 is 1.55 bits per heavy atom. The van der Waals surface area contributed by atoms with Crippen molar-refractivity contribution in [2.45, 2.75) is 121 Å². The van der Waals surface area contributed by atoms with Crippen molar-refractivity contribution in [2.24, 2.45) is 11.8 Å². The van der Waals surface area contributed by atoms with E-state index in [1.54, 1.807) is 20.8 Å². The lowest BCUT2D eigenvalue weighted by molar-refractivity contribution is -0.146. The predicted molar refractivity (Wildman–Crippen MR) is 219 cm³/mol. The number of nitrogens with one attached hydrogen (secondary N) is 8. The summed E-state index contributed by atoms with van der Waals surface area (Å²) in [4.78, 5) is 159. The normalized spacial score (nSPS) is 28.2. The predicted octanol–water partition coefficient (Wildman–Crippen LogP) is -5.21. The molecule has 0 saturated carbocycles. The Hall–Kier alpha value is -6.40. The minimum atomic E-state index is -1.83. The molecule has 3 rings (SSSR count). The number of hydrogen-bond acceptors (Lipinski definition) is 13. The van der Waals surface area contributed by atoms with Gasteiger partial charge >= 0.3 is 11.9 Å². The van der Waals surface area contributed by atoms with E-state index in [1.807, 2.05) is 0 Å². The van der Waals surface area contributed by atoms with Gasteiger partial charge in [0.25, 0.3) is 0 Å². The molecule has 11 N–H and O–H groups in total. The molecule has 0 radical (unpaired) electrons. The van der Waals surface area contributed by atoms with Crippen molar-refractivity contribution in [3.8, 4) is 0 Å². The zero-order valence-electron chi connectivity index (χ0n) is 36.2. The van der Waals surface area contributed by atoms with Crippen LogP contribution in [0.4, 0.5) is 0 Å². The summed E-state index contributed by atoms with van der Waals surface area (Å²) in [6.07, 6.45) is -1.09. The largest absolute Gasteiger partial charge is 0.481 e. The molecule has 3 saturated heterocycles. The Morgan fingerprint density at radius 1 is 0.594 bits per heavy atom. The van der Waals surface area contributed by atoms with E-state index >= 15 is 0 Å². The first-order chi connectivity index (χ1) is 30.1. The smallest absolute Gasteiger partial charge is 0.305 e. The van der Waals surface area contributed by atoms with Crippen LogP contribution in [-0.2, 0) is 57.5 Å². The SMILES string of the molecule is CCC(C)C1NC(=O)C(C(C)O)NC(=O)CNC(=O)C(CC(=O)O)NC(=O)CNC(=O)C(CC(=O)O)NC(=O)CNC(=O)C2CCCCN2C(=O)C(C)CNC(=O)C2CCCN2C1=O. The Bertz CT molecular complexity index is 1810. The topological polar surface area (TPSA) is 368 Å². The average molecular weight is 909 g/mol. The standard InChI is InChI=1S/C39H60N10O15/c1-5-19(2)31-39(64)49-12-8-10-25(49)35(60)40-15-20(3)38(63)48-11-7-6-9-24(48)36(61)43-17-27(52)45-22(13-29(54)55)33(58)41-16-26(51)44-23(14-30(56)57)34(59)42-18-28(53)46-32(21(4)50)37(62)47-31/h19-25,31-32,50H,5-18H2,1-4H3,(H,40,60)(H,41,58)(H,42,59)(H,43,61)(H,44,51)(H,45,52)(H,46,53)(H,47,62)(H,54,55)(H,56,57). The summed E-state index contributed by atoms with van der Waals surface area (Å²) in [5, 5.41) is 47.6. The number of amides is 10. The molecule has 3 fully saturated rings. The first-order valence-electron chi connectivity index (χ1n) is 21.2. The quantitative estimate of drug-likeness (QED) is 0.114. The highest BCUT2D eigenvalue weighted by atomic mass is 16.4. The van der Waals surface area contributed by atoms with E-state index in [0.29, 0.717) is 25.7 Å². The molecule has 356 valence electrons. The van der Waals surface area contributed by atoms with Crippen LogP contribution in [0.2, 0.25) is 0 Å². The molecular weight excluding hydrogens is 848 g/mol. The van der Waals surface area contributed by atoms with Crippen LogP contribution in [0.1, 0.15) is 79.1 Å². The van der Waals surface area contributed by atoms with Gasteiger partial charge < -0.3 is 67.7 Å². The first kappa shape index (κ1) is 51.9. The minimum absolute atomic E-state index is 0.156. The van der Waals surface area contributed by atoms with Crippen LogP contribution in [0.3, 0.4) is 0 Å². The average Bonchev–Trinajstić information content (AvgIpc) is 3.75. The second-order valence-corrected chi connectivity index (χ2v) is 16.1. The van der Waals surface area contributed by atoms with Crippen LogP contribution in [0.25, 0.3) is 0 Å². The monoisotopic (exact) mass is 908 g/mol. The minimum Gasteiger partial charge on any atom is -0.481 e. The van der Waals surface area contributed by atoms with E-state index in [1.165, 1.54) is 16.7 Å². The van der Waals surface area contributed by atoms with Gasteiger partial charge in [-0.15, -0.1) is 0 Å². The summed E-state index contributed by atoms with van der Waals surface area (Å²) in [6.45, 7) is 3.77. The van der Waals surface area contributed by atoms with E-state index in [0.717, 1.165) is 0 Å². The van der Waals surface area contributed by atoms with Gasteiger partial charge in [-0.3, -0.25) is 57.5 Å². The van der Waals surface area contributed by atoms with Crippen molar-refractivity contribution in [1.82, 2.24) is 52.3 Å². The number of carbonyl (C=O) groups excluding carboxylic acids is 10. The fourth-order valence-electron chi connectivity index (χ4n) is 7.37. The second kappa shape index (κ2) is 24.4. The van der Waals surface area contributed by atoms with Crippen LogP contribution in [-0.4, -0.2) is 178 Å². The number of carboxylic acids is 2. The van der Waals surface area contributed by atoms with Gasteiger partial charge in [-0.1, -0.05) is 27.2 Å². The number of aliphatic hydroxyl groups excluding tert-OH is 1. The van der Waals surface area contributed by atoms with E-state index in [-0.39, 0.29) is 32.5 Å². The lowest BCUT2D eigenvalue weighted by Gasteiger charge is -2.36. The van der Waals surface area contributed by atoms with Gasteiger partial charge in [-0.05, 0) is 44.9 Å². The van der Waals surface area contributed by atoms with Crippen molar-refractivity contribution in [2.75, 3.05) is 39.3 Å². The molecular formula is C39H60N10O15. The van der Waals surface area contributed by atoms with E-state index in [4.69, 9.17) is 0 Å². The van der Waals surface area contributed by atoms with Crippen LogP contribution >= 0.6 is 0 Å². The highest BCUT2D eigenvalue weighted by Gasteiger charge is 2.41. The molecule has 0 bridgehead atoms. The zero-order chi connectivity index (χ0) is 47.8. The molecule has 3 aliphatic heterocycles. The van der Waals surface area contributed by atoms with Gasteiger partial charge in [0.1, 0.15) is 36.3 Å². The number of hydrogen-bond donors (Lipinski definition) is 11. The molecule has 9 atom stereocenters. The fourth-order valence-corrected chi connectivity index (χ4v) is 7.37. The van der Waals surface area contributed by atoms with Gasteiger partial charge in [-0.2, -0.15) is 0 Å². The number of carboxylic acid groups (broad SMARTS) is 2. The van der Waals surface area contributed by atoms with Crippen molar-refractivity contribution in [3.05, 3.63) is 0 Å². The van der Waals surface area contributed by atoms with Gasteiger partial charge in [0.15, 0.2) is 0 Å². The molecule has 0 aromatic rings. The van der Waals surface area contributed by atoms with Crippen LogP contribution < -0.4 is 42.5 Å². The number of rotatable bonds is 7. The summed E-state index contributed by atoms with van der Waals surface area (Å²) in [7, 11) is 0. The van der Waals surface area contributed by atoms with Crippen molar-refractivity contribution >= 4 is 71.0 Å². The molecule has 0 spiro atoms. The number of fused-ring (bicyclic) bond motifs is 2. The maximum Gasteiger partial charge on any atom is 0.305 e. The van der Waals surface area contributed by atoms with Crippen molar-refractivity contribution in [1.29, 1.82) is 0 Å². The van der Waals surface area contributed by atoms with Gasteiger partial charge in [0, 0.05) is 19.6 Å². The molecule has 25 nitrogen and oxygen atoms in total. The highest BCUT2D eigenvalue weighted by molar-refractivity contribution is 5.98. The van der Waals surface area contributed by atoms with Gasteiger partial charge in [0.2, 0.25) is 59.1 Å². The number of aliphatic carboxylic acids is 2. The van der Waals surface area contributed by atoms with Crippen LogP contribution in [0.15, 0.2) is 0 Å². The third-order valence-corrected chi connectivity index (χ3v) is 11.1. The molecule has 0 aliphatic carbocycles. The Balaban J connectivity index is 1.92. The third-order valence-electron chi connectivity index (χ3n) is 11.1. The summed E-state index contributed by atoms with van der Waals surface area (Å²) in [6, 6.07) is -8.50. The first-order valence-corrected chi connectivity index (χ1v) is 21.2. The Morgan fingerprint density at radius 2 is 1.05 bits per heavy atom. The molecule has 3 aliphatic rings. The summed E-state index contributed by atoms with van der Waals surface area (Å²) in [5.74, 6) is -13.3. The van der Waals surface area contributed by atoms with Crippen molar-refractivity contribution in [3.63, 3.8) is 0 Å².